The third kappa shape index (κ3) is 17.9. The molecule has 2 N–H and O–H groups in total. The Morgan fingerprint density at radius 2 is 1.79 bits per heavy atom. The molecular formula is C27H42FKN4O. The van der Waals surface area contributed by atoms with Crippen LogP contribution in [0, 0.1) is 12.7 Å². The molecule has 1 heterocycles. The van der Waals surface area contributed by atoms with Crippen LogP contribution in [-0.4, -0.2) is 35.6 Å². The SMILES string of the molecule is C=C(/C=C\C)C(=O)Nc1cccc(C(C)N[C-]=CN=C2C=[N+](C)[CH-]2)c1.CC.CC.CC(C)F.[K+]. The summed E-state index contributed by atoms with van der Waals surface area (Å²) in [5.41, 5.74) is 3.09. The van der Waals surface area contributed by atoms with E-state index in [1.165, 1.54) is 13.8 Å². The first-order chi connectivity index (χ1) is 15.7. The number of benzene rings is 1. The molecule has 0 spiro atoms. The van der Waals surface area contributed by atoms with E-state index in [0.717, 1.165) is 17.0 Å². The normalized spacial score (nSPS) is 13.4. The van der Waals surface area contributed by atoms with Gasteiger partial charge >= 0.3 is 51.4 Å². The summed E-state index contributed by atoms with van der Waals surface area (Å²) in [7, 11) is 1.95. The second kappa shape index (κ2) is 23.2. The molecule has 0 aliphatic carbocycles. The number of amides is 1. The first-order valence-corrected chi connectivity index (χ1v) is 11.4. The van der Waals surface area contributed by atoms with Crippen molar-refractivity contribution in [1.82, 2.24) is 5.32 Å². The van der Waals surface area contributed by atoms with Crippen LogP contribution in [0.2, 0.25) is 0 Å². The molecule has 184 valence electrons. The standard InChI is InChI=1S/C20H23N4O.C3H7F.2C2H6.K/c1-5-7-15(2)20(25)23-18-9-6-8-17(12-18)16(3)21-10-11-22-19-13-24(4)14-19;1-3(2)4;2*1-2;/h5-9,11-14,16,21H,2H2,1,3-4H3,(H,23,25);3H,1-2H3;2*1-2H3;/q-1;;;;+1/b7-5-;;;;. The molecule has 1 amide bonds. The second-order valence-corrected chi connectivity index (χ2v) is 6.74. The van der Waals surface area contributed by atoms with Gasteiger partial charge in [-0.15, -0.1) is 6.20 Å². The molecule has 0 saturated carbocycles. The number of alkyl halides is 1. The molecule has 0 aromatic heterocycles. The van der Waals surface area contributed by atoms with E-state index in [0.29, 0.717) is 5.57 Å². The van der Waals surface area contributed by atoms with Crippen molar-refractivity contribution in [2.24, 2.45) is 4.99 Å². The number of anilines is 1. The molecule has 1 aromatic carbocycles. The predicted octanol–water partition coefficient (Wildman–Crippen LogP) is 3.43. The van der Waals surface area contributed by atoms with E-state index in [-0.39, 0.29) is 63.3 Å². The Morgan fingerprint density at radius 1 is 1.24 bits per heavy atom. The molecule has 1 aliphatic rings. The maximum atomic E-state index is 12.0. The van der Waals surface area contributed by atoms with Gasteiger partial charge in [-0.1, -0.05) is 58.6 Å². The minimum absolute atomic E-state index is 0. The third-order valence-corrected chi connectivity index (χ3v) is 3.55. The molecule has 1 aromatic rings. The Kier molecular flexibility index (Phi) is 25.3. The molecule has 5 nitrogen and oxygen atoms in total. The van der Waals surface area contributed by atoms with Crippen LogP contribution in [0.1, 0.15) is 67.0 Å². The van der Waals surface area contributed by atoms with Gasteiger partial charge in [0.2, 0.25) is 0 Å². The summed E-state index contributed by atoms with van der Waals surface area (Å²) in [5.74, 6) is -0.212. The Morgan fingerprint density at radius 3 is 2.29 bits per heavy atom. The van der Waals surface area contributed by atoms with Crippen LogP contribution in [-0.2, 0) is 4.79 Å². The first-order valence-electron chi connectivity index (χ1n) is 11.4. The average Bonchev–Trinajstić information content (AvgIpc) is 2.77. The number of allylic oxidation sites excluding steroid dienone is 1. The monoisotopic (exact) mass is 496 g/mol. The summed E-state index contributed by atoms with van der Waals surface area (Å²) in [5, 5.41) is 5.98. The number of halogens is 1. The quantitative estimate of drug-likeness (QED) is 0.152. The van der Waals surface area contributed by atoms with Gasteiger partial charge in [0, 0.05) is 17.3 Å². The molecule has 7 heteroatoms. The van der Waals surface area contributed by atoms with Crippen LogP contribution < -0.4 is 62.0 Å². The molecule has 2 rings (SSSR count). The largest absolute Gasteiger partial charge is 1.00 e. The van der Waals surface area contributed by atoms with Gasteiger partial charge in [-0.2, -0.15) is 0 Å². The van der Waals surface area contributed by atoms with Crippen LogP contribution in [0.5, 0.6) is 0 Å². The van der Waals surface area contributed by atoms with Crippen LogP contribution in [0.15, 0.2) is 59.8 Å². The fourth-order valence-electron chi connectivity index (χ4n) is 2.20. The summed E-state index contributed by atoms with van der Waals surface area (Å²) < 4.78 is 12.9. The van der Waals surface area contributed by atoms with E-state index in [2.05, 4.69) is 28.4 Å². The van der Waals surface area contributed by atoms with Gasteiger partial charge in [-0.25, -0.2) is 4.39 Å². The molecule has 0 fully saturated rings. The maximum Gasteiger partial charge on any atom is 1.00 e. The molecule has 0 bridgehead atoms. The Hall–Kier alpha value is -1.51. The molecule has 0 radical (unpaired) electrons. The molecule has 1 unspecified atom stereocenters. The average molecular weight is 497 g/mol. The third-order valence-electron chi connectivity index (χ3n) is 3.55. The van der Waals surface area contributed by atoms with Gasteiger partial charge < -0.3 is 26.4 Å². The van der Waals surface area contributed by atoms with Crippen molar-refractivity contribution in [3.63, 3.8) is 0 Å². The van der Waals surface area contributed by atoms with Crippen LogP contribution in [0.4, 0.5) is 10.1 Å². The predicted molar refractivity (Wildman–Crippen MR) is 141 cm³/mol. The summed E-state index contributed by atoms with van der Waals surface area (Å²) >= 11 is 0. The molecule has 34 heavy (non-hydrogen) atoms. The molecule has 1 atom stereocenters. The summed E-state index contributed by atoms with van der Waals surface area (Å²) in [6.45, 7) is 20.5. The minimum atomic E-state index is -0.667. The summed E-state index contributed by atoms with van der Waals surface area (Å²) in [6, 6.07) is 7.70. The van der Waals surface area contributed by atoms with Gasteiger partial charge in [0.1, 0.15) is 7.05 Å². The summed E-state index contributed by atoms with van der Waals surface area (Å²) in [6.07, 6.45) is 9.29. The number of nitrogens with one attached hydrogen (secondary N) is 2. The van der Waals surface area contributed by atoms with Crippen molar-refractivity contribution in [3.8, 4) is 0 Å². The van der Waals surface area contributed by atoms with Gasteiger partial charge in [0.25, 0.3) is 5.91 Å². The number of hydrogen-bond donors (Lipinski definition) is 2. The van der Waals surface area contributed by atoms with E-state index in [1.807, 2.05) is 90.2 Å². The Bertz CT molecular complexity index is 827. The fourth-order valence-corrected chi connectivity index (χ4v) is 2.20. The number of carbonyl (C=O) groups excluding carboxylic acids is 1. The van der Waals surface area contributed by atoms with Gasteiger partial charge in [-0.05, 0) is 45.4 Å². The molecule has 0 saturated heterocycles. The van der Waals surface area contributed by atoms with E-state index < -0.39 is 6.17 Å². The number of nitrogens with zero attached hydrogens (tertiary/aromatic N) is 2. The van der Waals surface area contributed by atoms with Crippen molar-refractivity contribution < 1.29 is 65.1 Å². The van der Waals surface area contributed by atoms with Gasteiger partial charge in [0.15, 0.2) is 0 Å². The van der Waals surface area contributed by atoms with Crippen molar-refractivity contribution in [2.75, 3.05) is 12.4 Å². The van der Waals surface area contributed by atoms with Crippen molar-refractivity contribution >= 4 is 23.5 Å². The number of carbonyl (C=O) groups is 1. The van der Waals surface area contributed by atoms with Gasteiger partial charge in [0.05, 0.1) is 24.6 Å². The Labute approximate surface area is 249 Å². The zero-order valence-corrected chi connectivity index (χ0v) is 25.9. The van der Waals surface area contributed by atoms with Crippen molar-refractivity contribution in [3.05, 3.63) is 73.1 Å². The topological polar surface area (TPSA) is 56.5 Å². The fraction of sp³-hybridized carbons (Fsp3) is 0.407. The van der Waals surface area contributed by atoms with Gasteiger partial charge in [-0.3, -0.25) is 4.79 Å². The number of rotatable bonds is 7. The van der Waals surface area contributed by atoms with Crippen molar-refractivity contribution in [1.29, 1.82) is 0 Å². The van der Waals surface area contributed by atoms with Crippen LogP contribution in [0.25, 0.3) is 0 Å². The van der Waals surface area contributed by atoms with E-state index in [1.54, 1.807) is 18.4 Å². The van der Waals surface area contributed by atoms with E-state index >= 15 is 0 Å². The van der Waals surface area contributed by atoms with E-state index in [9.17, 15) is 9.18 Å². The maximum absolute atomic E-state index is 12.0. The summed E-state index contributed by atoms with van der Waals surface area (Å²) in [4.78, 5) is 16.2. The first kappa shape index (κ1) is 37.0. The Balaban J connectivity index is -0.000000946. The molecular weight excluding hydrogens is 454 g/mol. The zero-order valence-electron chi connectivity index (χ0n) is 22.7. The van der Waals surface area contributed by atoms with Crippen molar-refractivity contribution in [2.45, 2.75) is 67.6 Å². The number of aliphatic imine (C=N–C) groups is 1. The molecule has 1 aliphatic heterocycles. The number of hydrogen-bond acceptors (Lipinski definition) is 3. The zero-order chi connectivity index (χ0) is 25.8. The minimum Gasteiger partial charge on any atom is -0.560 e. The smallest absolute Gasteiger partial charge is 0.560 e. The second-order valence-electron chi connectivity index (χ2n) is 6.74. The van der Waals surface area contributed by atoms with Crippen LogP contribution >= 0.6 is 0 Å². The van der Waals surface area contributed by atoms with Crippen LogP contribution in [0.3, 0.4) is 0 Å². The van der Waals surface area contributed by atoms with E-state index in [4.69, 9.17) is 0 Å².